The number of benzene rings is 2. The summed E-state index contributed by atoms with van der Waals surface area (Å²) in [7, 11) is 0. The third kappa shape index (κ3) is 4.03. The Morgan fingerprint density at radius 2 is 1.68 bits per heavy atom. The minimum absolute atomic E-state index is 0.193. The maximum absolute atomic E-state index is 12.1. The molecule has 0 heterocycles. The standard InChI is InChI=1S/C19H16Cl4N2O3/c1-18(2)16(19(18,22)23)28-14-8-7-10(9-13(14)21)24-17(27)25-15(26)11-5-3-4-6-12(11)20/h3-9,16H,1-2H3,(H2,24,25,26,27). The molecule has 3 rings (SSSR count). The number of ether oxygens (including phenoxy) is 1. The van der Waals surface area contributed by atoms with Crippen LogP contribution >= 0.6 is 46.4 Å². The highest BCUT2D eigenvalue weighted by Gasteiger charge is 2.73. The summed E-state index contributed by atoms with van der Waals surface area (Å²) in [6.07, 6.45) is -0.406. The Hall–Kier alpha value is -1.66. The van der Waals surface area contributed by atoms with Crippen molar-refractivity contribution in [2.45, 2.75) is 24.3 Å². The molecule has 1 fully saturated rings. The van der Waals surface area contributed by atoms with Crippen LogP contribution in [0.1, 0.15) is 24.2 Å². The van der Waals surface area contributed by atoms with E-state index in [1.807, 2.05) is 13.8 Å². The summed E-state index contributed by atoms with van der Waals surface area (Å²) in [5, 5.41) is 5.24. The Labute approximate surface area is 182 Å². The number of imide groups is 1. The predicted octanol–water partition coefficient (Wildman–Crippen LogP) is 5.92. The maximum atomic E-state index is 12.1. The van der Waals surface area contributed by atoms with Gasteiger partial charge in [-0.15, -0.1) is 0 Å². The largest absolute Gasteiger partial charge is 0.485 e. The molecular weight excluding hydrogens is 446 g/mol. The second-order valence-electron chi connectivity index (χ2n) is 6.88. The lowest BCUT2D eigenvalue weighted by atomic mass is 10.2. The zero-order chi connectivity index (χ0) is 20.7. The van der Waals surface area contributed by atoms with Gasteiger partial charge in [0.15, 0.2) is 4.33 Å². The van der Waals surface area contributed by atoms with Crippen LogP contribution in [0, 0.1) is 5.41 Å². The van der Waals surface area contributed by atoms with E-state index in [0.717, 1.165) is 0 Å². The monoisotopic (exact) mass is 460 g/mol. The zero-order valence-electron chi connectivity index (χ0n) is 14.9. The highest BCUT2D eigenvalue weighted by Crippen LogP contribution is 2.65. The summed E-state index contributed by atoms with van der Waals surface area (Å²) in [4.78, 5) is 24.2. The Morgan fingerprint density at radius 3 is 2.25 bits per heavy atom. The number of hydrogen-bond donors (Lipinski definition) is 2. The zero-order valence-corrected chi connectivity index (χ0v) is 17.9. The molecule has 1 aliphatic carbocycles. The van der Waals surface area contributed by atoms with E-state index < -0.39 is 27.8 Å². The van der Waals surface area contributed by atoms with Gasteiger partial charge in [0.2, 0.25) is 0 Å². The van der Waals surface area contributed by atoms with Gasteiger partial charge < -0.3 is 10.1 Å². The Morgan fingerprint density at radius 1 is 1.04 bits per heavy atom. The first kappa shape index (κ1) is 21.1. The maximum Gasteiger partial charge on any atom is 0.326 e. The molecule has 0 bridgehead atoms. The summed E-state index contributed by atoms with van der Waals surface area (Å²) in [6, 6.07) is 10.4. The van der Waals surface area contributed by atoms with Gasteiger partial charge in [0, 0.05) is 11.1 Å². The molecule has 2 aromatic carbocycles. The van der Waals surface area contributed by atoms with E-state index in [2.05, 4.69) is 10.6 Å². The highest BCUT2D eigenvalue weighted by molar-refractivity contribution is 6.52. The lowest BCUT2D eigenvalue weighted by Gasteiger charge is -2.12. The van der Waals surface area contributed by atoms with Crippen molar-refractivity contribution >= 4 is 64.0 Å². The highest BCUT2D eigenvalue weighted by atomic mass is 35.5. The van der Waals surface area contributed by atoms with E-state index in [1.165, 1.54) is 12.1 Å². The van der Waals surface area contributed by atoms with Crippen LogP contribution in [-0.4, -0.2) is 22.4 Å². The summed E-state index contributed by atoms with van der Waals surface area (Å²) < 4.78 is 4.80. The van der Waals surface area contributed by atoms with Crippen LogP contribution in [0.15, 0.2) is 42.5 Å². The van der Waals surface area contributed by atoms with Crippen molar-refractivity contribution in [3.63, 3.8) is 0 Å². The first-order valence-electron chi connectivity index (χ1n) is 8.25. The quantitative estimate of drug-likeness (QED) is 0.555. The van der Waals surface area contributed by atoms with Crippen LogP contribution < -0.4 is 15.4 Å². The number of hydrogen-bond acceptors (Lipinski definition) is 3. The summed E-state index contributed by atoms with van der Waals surface area (Å²) in [5.41, 5.74) is 0.161. The van der Waals surface area contributed by atoms with E-state index in [-0.39, 0.29) is 15.6 Å². The van der Waals surface area contributed by atoms with E-state index >= 15 is 0 Å². The van der Waals surface area contributed by atoms with Crippen LogP contribution in [0.3, 0.4) is 0 Å². The minimum Gasteiger partial charge on any atom is -0.485 e. The number of nitrogens with one attached hydrogen (secondary N) is 2. The fourth-order valence-corrected chi connectivity index (χ4v) is 3.78. The summed E-state index contributed by atoms with van der Waals surface area (Å²) in [6.45, 7) is 3.78. The van der Waals surface area contributed by atoms with Crippen molar-refractivity contribution in [2.24, 2.45) is 5.41 Å². The second-order valence-corrected chi connectivity index (χ2v) is 9.08. The van der Waals surface area contributed by atoms with E-state index in [0.29, 0.717) is 11.4 Å². The van der Waals surface area contributed by atoms with Gasteiger partial charge in [-0.1, -0.05) is 72.4 Å². The lowest BCUT2D eigenvalue weighted by Crippen LogP contribution is -2.34. The molecule has 1 unspecified atom stereocenters. The van der Waals surface area contributed by atoms with Crippen molar-refractivity contribution in [1.82, 2.24) is 5.32 Å². The lowest BCUT2D eigenvalue weighted by molar-refractivity contribution is 0.0967. The van der Waals surface area contributed by atoms with Crippen molar-refractivity contribution < 1.29 is 14.3 Å². The van der Waals surface area contributed by atoms with Crippen LogP contribution in [0.2, 0.25) is 10.0 Å². The van der Waals surface area contributed by atoms with Crippen molar-refractivity contribution in [3.05, 3.63) is 58.1 Å². The molecule has 2 aromatic rings. The minimum atomic E-state index is -0.994. The Kier molecular flexibility index (Phi) is 5.74. The third-order valence-electron chi connectivity index (χ3n) is 4.54. The first-order chi connectivity index (χ1) is 13.0. The number of carbonyl (C=O) groups is 2. The molecule has 1 atom stereocenters. The molecule has 28 heavy (non-hydrogen) atoms. The molecule has 0 radical (unpaired) electrons. The number of rotatable bonds is 4. The smallest absolute Gasteiger partial charge is 0.326 e. The molecule has 0 spiro atoms. The summed E-state index contributed by atoms with van der Waals surface area (Å²) in [5.74, 6) is -0.230. The molecule has 148 valence electrons. The van der Waals surface area contributed by atoms with Gasteiger partial charge in [-0.25, -0.2) is 4.79 Å². The Bertz CT molecular complexity index is 933. The average Bonchev–Trinajstić information content (AvgIpc) is 2.99. The van der Waals surface area contributed by atoms with Gasteiger partial charge in [-0.2, -0.15) is 0 Å². The number of anilines is 1. The van der Waals surface area contributed by atoms with Gasteiger partial charge in [0.05, 0.1) is 15.6 Å². The average molecular weight is 462 g/mol. The van der Waals surface area contributed by atoms with Crippen LogP contribution in [-0.2, 0) is 0 Å². The van der Waals surface area contributed by atoms with Gasteiger partial charge in [-0.3, -0.25) is 10.1 Å². The second kappa shape index (κ2) is 7.64. The normalized spacial score (nSPS) is 18.9. The van der Waals surface area contributed by atoms with Crippen LogP contribution in [0.5, 0.6) is 5.75 Å². The van der Waals surface area contributed by atoms with E-state index in [4.69, 9.17) is 51.1 Å². The van der Waals surface area contributed by atoms with Gasteiger partial charge in [-0.05, 0) is 30.3 Å². The molecule has 0 aromatic heterocycles. The number of alkyl halides is 2. The van der Waals surface area contributed by atoms with Gasteiger partial charge in [0.25, 0.3) is 5.91 Å². The van der Waals surface area contributed by atoms with Crippen molar-refractivity contribution in [3.8, 4) is 5.75 Å². The molecule has 5 nitrogen and oxygen atoms in total. The molecule has 2 N–H and O–H groups in total. The van der Waals surface area contributed by atoms with E-state index in [9.17, 15) is 9.59 Å². The SMILES string of the molecule is CC1(C)C(Oc2ccc(NC(=O)NC(=O)c3ccccc3Cl)cc2Cl)C1(Cl)Cl. The van der Waals surface area contributed by atoms with Crippen LogP contribution in [0.25, 0.3) is 0 Å². The third-order valence-corrected chi connectivity index (χ3v) is 6.54. The Balaban J connectivity index is 1.62. The number of carbonyl (C=O) groups excluding carboxylic acids is 2. The number of urea groups is 1. The predicted molar refractivity (Wildman–Crippen MR) is 112 cm³/mol. The number of amides is 3. The van der Waals surface area contributed by atoms with Gasteiger partial charge >= 0.3 is 6.03 Å². The first-order valence-corrected chi connectivity index (χ1v) is 9.76. The fourth-order valence-electron chi connectivity index (χ4n) is 2.61. The molecule has 0 saturated heterocycles. The molecule has 1 aliphatic rings. The van der Waals surface area contributed by atoms with E-state index in [1.54, 1.807) is 30.3 Å². The molecule has 1 saturated carbocycles. The van der Waals surface area contributed by atoms with Crippen LogP contribution in [0.4, 0.5) is 10.5 Å². The fraction of sp³-hybridized carbons (Fsp3) is 0.263. The summed E-state index contributed by atoms with van der Waals surface area (Å²) >= 11 is 24.6. The van der Waals surface area contributed by atoms with Gasteiger partial charge in [0.1, 0.15) is 11.9 Å². The number of halogens is 4. The molecule has 9 heteroatoms. The van der Waals surface area contributed by atoms with Crippen molar-refractivity contribution in [2.75, 3.05) is 5.32 Å². The molecular formula is C19H16Cl4N2O3. The molecule has 3 amide bonds. The topological polar surface area (TPSA) is 67.4 Å². The van der Waals surface area contributed by atoms with Crippen molar-refractivity contribution in [1.29, 1.82) is 0 Å². The molecule has 0 aliphatic heterocycles.